The molecule has 1 aromatic heterocycles. The third-order valence-corrected chi connectivity index (χ3v) is 6.10. The van der Waals surface area contributed by atoms with E-state index in [4.69, 9.17) is 5.10 Å². The first kappa shape index (κ1) is 22.8. The first-order valence-corrected chi connectivity index (χ1v) is 11.5. The molecule has 1 aliphatic rings. The molecule has 0 N–H and O–H groups in total. The molecule has 0 aliphatic carbocycles. The zero-order valence-corrected chi connectivity index (χ0v) is 20.1. The summed E-state index contributed by atoms with van der Waals surface area (Å²) in [4.78, 5) is 30.0. The van der Waals surface area contributed by atoms with Crippen LogP contribution in [0.2, 0.25) is 0 Å². The maximum absolute atomic E-state index is 13.7. The van der Waals surface area contributed by atoms with E-state index in [-0.39, 0.29) is 11.8 Å². The maximum atomic E-state index is 13.7. The standard InChI is InChI=1S/C27H32N4O2/c1-19-11-12-22(20(2)17-19)24-23(18-31(28-24)21-9-7-6-8-10-21)25(32)29-13-15-30(16-14-29)26(33)27(3,4)5/h6-12,17-18H,13-16H2,1-5H3. The topological polar surface area (TPSA) is 58.4 Å². The number of rotatable bonds is 3. The van der Waals surface area contributed by atoms with Gasteiger partial charge in [-0.05, 0) is 31.5 Å². The Morgan fingerprint density at radius 1 is 0.879 bits per heavy atom. The predicted molar refractivity (Wildman–Crippen MR) is 130 cm³/mol. The number of carbonyl (C=O) groups is 2. The van der Waals surface area contributed by atoms with Gasteiger partial charge in [-0.1, -0.05) is 62.7 Å². The molecule has 172 valence electrons. The number of piperazine rings is 1. The molecule has 4 rings (SSSR count). The van der Waals surface area contributed by atoms with Gasteiger partial charge >= 0.3 is 0 Å². The maximum Gasteiger partial charge on any atom is 0.257 e. The molecule has 2 heterocycles. The average molecular weight is 445 g/mol. The molecule has 2 amide bonds. The number of para-hydroxylation sites is 1. The van der Waals surface area contributed by atoms with Crippen molar-refractivity contribution >= 4 is 11.8 Å². The van der Waals surface area contributed by atoms with E-state index in [0.717, 1.165) is 16.8 Å². The molecular formula is C27H32N4O2. The van der Waals surface area contributed by atoms with Crippen molar-refractivity contribution in [3.8, 4) is 16.9 Å². The Morgan fingerprint density at radius 3 is 2.12 bits per heavy atom. The molecule has 1 saturated heterocycles. The van der Waals surface area contributed by atoms with Gasteiger partial charge in [0.1, 0.15) is 5.69 Å². The number of hydrogen-bond acceptors (Lipinski definition) is 3. The lowest BCUT2D eigenvalue weighted by atomic mass is 9.94. The van der Waals surface area contributed by atoms with Gasteiger partial charge in [-0.2, -0.15) is 5.10 Å². The summed E-state index contributed by atoms with van der Waals surface area (Å²) in [5.41, 5.74) is 4.98. The first-order chi connectivity index (χ1) is 15.6. The lowest BCUT2D eigenvalue weighted by Gasteiger charge is -2.37. The van der Waals surface area contributed by atoms with Crippen molar-refractivity contribution in [3.63, 3.8) is 0 Å². The summed E-state index contributed by atoms with van der Waals surface area (Å²) >= 11 is 0. The Morgan fingerprint density at radius 2 is 1.52 bits per heavy atom. The van der Waals surface area contributed by atoms with E-state index in [2.05, 4.69) is 26.0 Å². The number of aromatic nitrogens is 2. The number of aryl methyl sites for hydroxylation is 2. The van der Waals surface area contributed by atoms with E-state index in [1.165, 1.54) is 5.56 Å². The Kier molecular flexibility index (Phi) is 6.11. The molecule has 6 nitrogen and oxygen atoms in total. The fourth-order valence-electron chi connectivity index (χ4n) is 4.28. The minimum Gasteiger partial charge on any atom is -0.339 e. The van der Waals surface area contributed by atoms with E-state index in [1.54, 1.807) is 4.68 Å². The smallest absolute Gasteiger partial charge is 0.257 e. The highest BCUT2D eigenvalue weighted by molar-refractivity contribution is 6.00. The number of amides is 2. The van der Waals surface area contributed by atoms with E-state index >= 15 is 0 Å². The fraction of sp³-hybridized carbons (Fsp3) is 0.370. The van der Waals surface area contributed by atoms with Crippen LogP contribution < -0.4 is 0 Å². The lowest BCUT2D eigenvalue weighted by molar-refractivity contribution is -0.140. The van der Waals surface area contributed by atoms with Crippen molar-refractivity contribution in [2.45, 2.75) is 34.6 Å². The zero-order valence-electron chi connectivity index (χ0n) is 20.1. The number of benzene rings is 2. The number of hydrogen-bond donors (Lipinski definition) is 0. The van der Waals surface area contributed by atoms with E-state index in [0.29, 0.717) is 37.4 Å². The molecule has 0 atom stereocenters. The Balaban J connectivity index is 1.66. The van der Waals surface area contributed by atoms with Crippen LogP contribution in [0.5, 0.6) is 0 Å². The molecule has 1 aliphatic heterocycles. The molecule has 2 aromatic carbocycles. The van der Waals surface area contributed by atoms with E-state index in [9.17, 15) is 9.59 Å². The van der Waals surface area contributed by atoms with Crippen LogP contribution >= 0.6 is 0 Å². The Labute approximate surface area is 195 Å². The fourth-order valence-corrected chi connectivity index (χ4v) is 4.28. The summed E-state index contributed by atoms with van der Waals surface area (Å²) in [5, 5.41) is 4.84. The van der Waals surface area contributed by atoms with Gasteiger partial charge in [-0.15, -0.1) is 0 Å². The summed E-state index contributed by atoms with van der Waals surface area (Å²) in [7, 11) is 0. The third kappa shape index (κ3) is 4.70. The van der Waals surface area contributed by atoms with E-state index < -0.39 is 5.41 Å². The Hall–Kier alpha value is -3.41. The van der Waals surface area contributed by atoms with Gasteiger partial charge in [0.25, 0.3) is 5.91 Å². The minimum atomic E-state index is -0.418. The lowest BCUT2D eigenvalue weighted by Crippen LogP contribution is -2.53. The van der Waals surface area contributed by atoms with Crippen LogP contribution in [0.3, 0.4) is 0 Å². The second-order valence-electron chi connectivity index (χ2n) is 9.82. The van der Waals surface area contributed by atoms with Gasteiger partial charge in [0.15, 0.2) is 0 Å². The van der Waals surface area contributed by atoms with E-state index in [1.807, 2.05) is 73.2 Å². The molecular weight excluding hydrogens is 412 g/mol. The summed E-state index contributed by atoms with van der Waals surface area (Å²) in [5.74, 6) is 0.0810. The molecule has 0 saturated carbocycles. The molecule has 0 radical (unpaired) electrons. The third-order valence-electron chi connectivity index (χ3n) is 6.10. The zero-order chi connectivity index (χ0) is 23.8. The van der Waals surface area contributed by atoms with Crippen LogP contribution in [0.25, 0.3) is 16.9 Å². The van der Waals surface area contributed by atoms with Crippen LogP contribution in [0, 0.1) is 19.3 Å². The van der Waals surface area contributed by atoms with Crippen molar-refractivity contribution in [2.24, 2.45) is 5.41 Å². The Bertz CT molecular complexity index is 1170. The minimum absolute atomic E-state index is 0.0463. The summed E-state index contributed by atoms with van der Waals surface area (Å²) in [6.45, 7) is 12.0. The molecule has 1 fully saturated rings. The average Bonchev–Trinajstić information content (AvgIpc) is 3.23. The van der Waals surface area contributed by atoms with Crippen LogP contribution in [-0.2, 0) is 4.79 Å². The van der Waals surface area contributed by atoms with Gasteiger partial charge in [0, 0.05) is 43.4 Å². The van der Waals surface area contributed by atoms with Crippen LogP contribution in [-0.4, -0.2) is 57.6 Å². The van der Waals surface area contributed by atoms with Gasteiger partial charge < -0.3 is 9.80 Å². The van der Waals surface area contributed by atoms with Gasteiger partial charge in [-0.3, -0.25) is 9.59 Å². The molecule has 6 heteroatoms. The summed E-state index contributed by atoms with van der Waals surface area (Å²) in [6.07, 6.45) is 1.83. The van der Waals surface area contributed by atoms with Crippen LogP contribution in [0.15, 0.2) is 54.7 Å². The van der Waals surface area contributed by atoms with Crippen LogP contribution in [0.4, 0.5) is 0 Å². The van der Waals surface area contributed by atoms with Crippen molar-refractivity contribution in [2.75, 3.05) is 26.2 Å². The highest BCUT2D eigenvalue weighted by Crippen LogP contribution is 2.29. The normalized spacial score (nSPS) is 14.5. The largest absolute Gasteiger partial charge is 0.339 e. The SMILES string of the molecule is Cc1ccc(-c2nn(-c3ccccc3)cc2C(=O)N2CCN(C(=O)C(C)(C)C)CC2)c(C)c1. The van der Waals surface area contributed by atoms with Gasteiger partial charge in [0.05, 0.1) is 11.3 Å². The monoisotopic (exact) mass is 444 g/mol. The molecule has 33 heavy (non-hydrogen) atoms. The molecule has 0 unspecified atom stereocenters. The summed E-state index contributed by atoms with van der Waals surface area (Å²) < 4.78 is 1.78. The van der Waals surface area contributed by atoms with Crippen molar-refractivity contribution in [1.29, 1.82) is 0 Å². The molecule has 0 spiro atoms. The second-order valence-corrected chi connectivity index (χ2v) is 9.82. The van der Waals surface area contributed by atoms with Crippen molar-refractivity contribution < 1.29 is 9.59 Å². The summed E-state index contributed by atoms with van der Waals surface area (Å²) in [6, 6.07) is 16.0. The quantitative estimate of drug-likeness (QED) is 0.598. The number of nitrogens with zero attached hydrogens (tertiary/aromatic N) is 4. The molecule has 3 aromatic rings. The predicted octanol–water partition coefficient (Wildman–Crippen LogP) is 4.49. The highest BCUT2D eigenvalue weighted by atomic mass is 16.2. The highest BCUT2D eigenvalue weighted by Gasteiger charge is 2.32. The van der Waals surface area contributed by atoms with Crippen molar-refractivity contribution in [1.82, 2.24) is 19.6 Å². The first-order valence-electron chi connectivity index (χ1n) is 11.5. The van der Waals surface area contributed by atoms with Crippen molar-refractivity contribution in [3.05, 3.63) is 71.4 Å². The van der Waals surface area contributed by atoms with Gasteiger partial charge in [0.2, 0.25) is 5.91 Å². The van der Waals surface area contributed by atoms with Crippen LogP contribution in [0.1, 0.15) is 42.3 Å². The second kappa shape index (κ2) is 8.85. The number of carbonyl (C=O) groups excluding carboxylic acids is 2. The molecule has 0 bridgehead atoms. The van der Waals surface area contributed by atoms with Gasteiger partial charge in [-0.25, -0.2) is 4.68 Å².